The van der Waals surface area contributed by atoms with Crippen LogP contribution < -0.4 is 10.2 Å². The van der Waals surface area contributed by atoms with E-state index in [1.807, 2.05) is 6.07 Å². The molecule has 9 heteroatoms. The standard InChI is InChI=1S/C14H15Br2N5O2/c15-9-7-10-12(13(11(9)16)21(22)23)18-14(20(10)8-1-2-8)19-5-3-17-4-6-19/h7-8,17H,1-6H2. The number of nitrogens with zero attached hydrogens (tertiary/aromatic N) is 4. The van der Waals surface area contributed by atoms with Gasteiger partial charge in [0, 0.05) is 36.7 Å². The maximum absolute atomic E-state index is 11.6. The van der Waals surface area contributed by atoms with E-state index in [2.05, 4.69) is 51.6 Å². The van der Waals surface area contributed by atoms with Gasteiger partial charge in [-0.1, -0.05) is 0 Å². The zero-order valence-electron chi connectivity index (χ0n) is 12.3. The van der Waals surface area contributed by atoms with Crippen molar-refractivity contribution in [3.8, 4) is 0 Å². The van der Waals surface area contributed by atoms with Gasteiger partial charge in [-0.3, -0.25) is 10.1 Å². The normalized spacial score (nSPS) is 18.6. The fourth-order valence-corrected chi connectivity index (χ4v) is 3.94. The molecule has 1 saturated heterocycles. The number of imidazole rings is 1. The Kier molecular flexibility index (Phi) is 3.81. The summed E-state index contributed by atoms with van der Waals surface area (Å²) in [6.45, 7) is 3.55. The summed E-state index contributed by atoms with van der Waals surface area (Å²) in [5.41, 5.74) is 1.33. The van der Waals surface area contributed by atoms with Crippen LogP contribution in [0.5, 0.6) is 0 Å². The summed E-state index contributed by atoms with van der Waals surface area (Å²) >= 11 is 6.75. The lowest BCUT2D eigenvalue weighted by molar-refractivity contribution is -0.384. The third-order valence-corrected chi connectivity index (χ3v) is 6.29. The summed E-state index contributed by atoms with van der Waals surface area (Å²) in [4.78, 5) is 18.1. The van der Waals surface area contributed by atoms with E-state index in [-0.39, 0.29) is 10.6 Å². The molecule has 0 unspecified atom stereocenters. The maximum Gasteiger partial charge on any atom is 0.312 e. The highest BCUT2D eigenvalue weighted by Gasteiger charge is 2.34. The van der Waals surface area contributed by atoms with E-state index < -0.39 is 0 Å². The molecule has 1 aromatic carbocycles. The molecule has 1 aliphatic carbocycles. The molecule has 0 spiro atoms. The fourth-order valence-electron chi connectivity index (χ4n) is 3.09. The smallest absolute Gasteiger partial charge is 0.312 e. The molecule has 122 valence electrons. The molecule has 1 aliphatic heterocycles. The van der Waals surface area contributed by atoms with Crippen LogP contribution in [-0.4, -0.2) is 40.7 Å². The molecule has 4 rings (SSSR count). The van der Waals surface area contributed by atoms with E-state index in [0.717, 1.165) is 50.5 Å². The number of hydrogen-bond donors (Lipinski definition) is 1. The number of halogens is 2. The first-order chi connectivity index (χ1) is 11.1. The Morgan fingerprint density at radius 2 is 2.00 bits per heavy atom. The Morgan fingerprint density at radius 1 is 1.30 bits per heavy atom. The van der Waals surface area contributed by atoms with Gasteiger partial charge in [0.05, 0.1) is 10.4 Å². The zero-order chi connectivity index (χ0) is 16.1. The Balaban J connectivity index is 1.98. The minimum absolute atomic E-state index is 0.0326. The Bertz CT molecular complexity index is 796. The van der Waals surface area contributed by atoms with Gasteiger partial charge in [0.2, 0.25) is 5.95 Å². The van der Waals surface area contributed by atoms with Crippen LogP contribution in [0.1, 0.15) is 18.9 Å². The van der Waals surface area contributed by atoms with Crippen molar-refractivity contribution in [3.63, 3.8) is 0 Å². The Hall–Kier alpha value is -1.19. The molecule has 1 N–H and O–H groups in total. The van der Waals surface area contributed by atoms with Crippen LogP contribution in [0.4, 0.5) is 11.6 Å². The largest absolute Gasteiger partial charge is 0.340 e. The quantitative estimate of drug-likeness (QED) is 0.581. The van der Waals surface area contributed by atoms with Crippen molar-refractivity contribution in [3.05, 3.63) is 25.1 Å². The van der Waals surface area contributed by atoms with Crippen LogP contribution in [-0.2, 0) is 0 Å². The lowest BCUT2D eigenvalue weighted by Gasteiger charge is -2.28. The molecule has 7 nitrogen and oxygen atoms in total. The van der Waals surface area contributed by atoms with E-state index in [4.69, 9.17) is 0 Å². The summed E-state index contributed by atoms with van der Waals surface area (Å²) in [5, 5.41) is 14.9. The number of anilines is 1. The third-order valence-electron chi connectivity index (χ3n) is 4.33. The first kappa shape index (κ1) is 15.3. The molecule has 1 aromatic heterocycles. The van der Waals surface area contributed by atoms with Gasteiger partial charge in [-0.05, 0) is 50.8 Å². The number of piperazine rings is 1. The Labute approximate surface area is 149 Å². The summed E-state index contributed by atoms with van der Waals surface area (Å²) in [6.07, 6.45) is 2.21. The van der Waals surface area contributed by atoms with Crippen molar-refractivity contribution >= 4 is 54.5 Å². The summed E-state index contributed by atoms with van der Waals surface area (Å²) < 4.78 is 3.32. The van der Waals surface area contributed by atoms with Gasteiger partial charge in [0.25, 0.3) is 0 Å². The van der Waals surface area contributed by atoms with Crippen LogP contribution in [0.25, 0.3) is 11.0 Å². The van der Waals surface area contributed by atoms with Crippen LogP contribution in [0.2, 0.25) is 0 Å². The number of aromatic nitrogens is 2. The van der Waals surface area contributed by atoms with Crippen molar-refractivity contribution in [2.24, 2.45) is 0 Å². The second-order valence-corrected chi connectivity index (χ2v) is 7.54. The van der Waals surface area contributed by atoms with Crippen molar-refractivity contribution < 1.29 is 4.92 Å². The van der Waals surface area contributed by atoms with E-state index in [1.54, 1.807) is 0 Å². The van der Waals surface area contributed by atoms with E-state index >= 15 is 0 Å². The lowest BCUT2D eigenvalue weighted by Crippen LogP contribution is -2.44. The number of nitro benzene ring substituents is 1. The zero-order valence-corrected chi connectivity index (χ0v) is 15.4. The average molecular weight is 445 g/mol. The molecular weight excluding hydrogens is 430 g/mol. The highest BCUT2D eigenvalue weighted by atomic mass is 79.9. The predicted octanol–water partition coefficient (Wildman–Crippen LogP) is 3.21. The second kappa shape index (κ2) is 5.71. The topological polar surface area (TPSA) is 76.2 Å². The lowest BCUT2D eigenvalue weighted by atomic mass is 10.2. The minimum Gasteiger partial charge on any atom is -0.340 e. The highest BCUT2D eigenvalue weighted by molar-refractivity contribution is 9.13. The number of rotatable bonds is 3. The molecule has 23 heavy (non-hydrogen) atoms. The Morgan fingerprint density at radius 3 is 2.61 bits per heavy atom. The molecule has 0 radical (unpaired) electrons. The molecular formula is C14H15Br2N5O2. The van der Waals surface area contributed by atoms with Gasteiger partial charge in [-0.15, -0.1) is 0 Å². The van der Waals surface area contributed by atoms with Crippen molar-refractivity contribution in [1.82, 2.24) is 14.9 Å². The molecule has 0 bridgehead atoms. The van der Waals surface area contributed by atoms with Crippen molar-refractivity contribution in [2.75, 3.05) is 31.1 Å². The van der Waals surface area contributed by atoms with E-state index in [0.29, 0.717) is 20.5 Å². The third kappa shape index (κ3) is 2.54. The van der Waals surface area contributed by atoms with Gasteiger partial charge in [0.1, 0.15) is 4.47 Å². The van der Waals surface area contributed by atoms with Crippen LogP contribution >= 0.6 is 31.9 Å². The molecule has 2 aliphatic rings. The number of nitrogens with one attached hydrogen (secondary N) is 1. The molecule has 2 aromatic rings. The van der Waals surface area contributed by atoms with Crippen LogP contribution in [0.15, 0.2) is 15.0 Å². The minimum atomic E-state index is -0.358. The van der Waals surface area contributed by atoms with Crippen LogP contribution in [0.3, 0.4) is 0 Å². The van der Waals surface area contributed by atoms with Crippen molar-refractivity contribution in [1.29, 1.82) is 0 Å². The first-order valence-corrected chi connectivity index (χ1v) is 9.16. The molecule has 0 amide bonds. The van der Waals surface area contributed by atoms with Gasteiger partial charge in [0.15, 0.2) is 5.52 Å². The fraction of sp³-hybridized carbons (Fsp3) is 0.500. The van der Waals surface area contributed by atoms with Gasteiger partial charge in [-0.2, -0.15) is 0 Å². The van der Waals surface area contributed by atoms with Crippen LogP contribution in [0, 0.1) is 10.1 Å². The summed E-state index contributed by atoms with van der Waals surface area (Å²) in [7, 11) is 0. The average Bonchev–Trinajstić information content (AvgIpc) is 3.30. The monoisotopic (exact) mass is 443 g/mol. The van der Waals surface area contributed by atoms with Gasteiger partial charge < -0.3 is 14.8 Å². The highest BCUT2D eigenvalue weighted by Crippen LogP contribution is 2.46. The first-order valence-electron chi connectivity index (χ1n) is 7.58. The number of fused-ring (bicyclic) bond motifs is 1. The maximum atomic E-state index is 11.6. The van der Waals surface area contributed by atoms with Gasteiger partial charge >= 0.3 is 5.69 Å². The molecule has 1 saturated carbocycles. The number of hydrogen-bond acceptors (Lipinski definition) is 5. The summed E-state index contributed by atoms with van der Waals surface area (Å²) in [6, 6.07) is 2.33. The SMILES string of the molecule is O=[N+]([O-])c1c(Br)c(Br)cc2c1nc(N1CCNCC1)n2C1CC1. The summed E-state index contributed by atoms with van der Waals surface area (Å²) in [5.74, 6) is 0.858. The van der Waals surface area contributed by atoms with E-state index in [1.165, 1.54) is 0 Å². The number of benzene rings is 1. The predicted molar refractivity (Wildman–Crippen MR) is 95.1 cm³/mol. The van der Waals surface area contributed by atoms with Crippen molar-refractivity contribution in [2.45, 2.75) is 18.9 Å². The second-order valence-electron chi connectivity index (χ2n) is 5.90. The number of nitro groups is 1. The van der Waals surface area contributed by atoms with Gasteiger partial charge in [-0.25, -0.2) is 4.98 Å². The molecule has 0 atom stereocenters. The van der Waals surface area contributed by atoms with E-state index in [9.17, 15) is 10.1 Å². The molecule has 2 heterocycles. The molecule has 2 fully saturated rings.